The molecule has 2 atom stereocenters. The van der Waals surface area contributed by atoms with Crippen LogP contribution in [0.4, 0.5) is 4.79 Å². The summed E-state index contributed by atoms with van der Waals surface area (Å²) in [5.41, 5.74) is 0.816. The number of benzene rings is 1. The van der Waals surface area contributed by atoms with Crippen LogP contribution in [0.2, 0.25) is 0 Å². The molecule has 3 heterocycles. The maximum absolute atomic E-state index is 12.6. The molecule has 1 aromatic carbocycles. The SMILES string of the molecule is COc1cccc(-c2noc([C@H]3CCCN3C(=O)NC[C@H]3CCCO3)n2)c1. The average Bonchev–Trinajstić information content (AvgIpc) is 3.47. The third-order valence-corrected chi connectivity index (χ3v) is 5.07. The van der Waals surface area contributed by atoms with E-state index in [1.54, 1.807) is 12.0 Å². The third-order valence-electron chi connectivity index (χ3n) is 5.07. The second-order valence-corrected chi connectivity index (χ2v) is 6.86. The van der Waals surface area contributed by atoms with E-state index in [-0.39, 0.29) is 18.2 Å². The molecule has 0 saturated carbocycles. The molecule has 2 aromatic rings. The molecule has 144 valence electrons. The van der Waals surface area contributed by atoms with E-state index in [2.05, 4.69) is 15.5 Å². The normalized spacial score (nSPS) is 22.2. The number of aromatic nitrogens is 2. The predicted molar refractivity (Wildman–Crippen MR) is 97.3 cm³/mol. The lowest BCUT2D eigenvalue weighted by atomic mass is 10.2. The van der Waals surface area contributed by atoms with Crippen molar-refractivity contribution in [1.82, 2.24) is 20.4 Å². The Hall–Kier alpha value is -2.61. The van der Waals surface area contributed by atoms with Gasteiger partial charge in [-0.2, -0.15) is 4.98 Å². The maximum atomic E-state index is 12.6. The topological polar surface area (TPSA) is 89.7 Å². The van der Waals surface area contributed by atoms with Gasteiger partial charge in [0.1, 0.15) is 11.8 Å². The quantitative estimate of drug-likeness (QED) is 0.868. The number of urea groups is 1. The standard InChI is InChI=1S/C19H24N4O4/c1-25-14-6-2-5-13(11-14)17-21-18(27-22-17)16-8-3-9-23(16)19(24)20-12-15-7-4-10-26-15/h2,5-6,11,15-16H,3-4,7-10,12H2,1H3,(H,20,24)/t15-,16-/m1/s1. The number of carbonyl (C=O) groups excluding carboxylic acids is 1. The highest BCUT2D eigenvalue weighted by Crippen LogP contribution is 2.32. The molecule has 8 heteroatoms. The monoisotopic (exact) mass is 372 g/mol. The third kappa shape index (κ3) is 3.90. The van der Waals surface area contributed by atoms with Crippen LogP contribution in [0.3, 0.4) is 0 Å². The minimum absolute atomic E-state index is 0.103. The Kier molecular flexibility index (Phi) is 5.24. The number of amides is 2. The molecule has 27 heavy (non-hydrogen) atoms. The van der Waals surface area contributed by atoms with E-state index in [4.69, 9.17) is 14.0 Å². The molecule has 2 fully saturated rings. The zero-order chi connectivity index (χ0) is 18.6. The van der Waals surface area contributed by atoms with Gasteiger partial charge in [0.2, 0.25) is 11.7 Å². The molecule has 2 aliphatic heterocycles. The van der Waals surface area contributed by atoms with Crippen LogP contribution >= 0.6 is 0 Å². The summed E-state index contributed by atoms with van der Waals surface area (Å²) in [6, 6.07) is 7.20. The lowest BCUT2D eigenvalue weighted by Gasteiger charge is -2.23. The van der Waals surface area contributed by atoms with Crippen molar-refractivity contribution < 1.29 is 18.8 Å². The number of carbonyl (C=O) groups is 1. The highest BCUT2D eigenvalue weighted by atomic mass is 16.5. The first-order valence-corrected chi connectivity index (χ1v) is 9.38. The summed E-state index contributed by atoms with van der Waals surface area (Å²) >= 11 is 0. The van der Waals surface area contributed by atoms with Gasteiger partial charge in [0.05, 0.1) is 13.2 Å². The summed E-state index contributed by atoms with van der Waals surface area (Å²) in [5, 5.41) is 7.06. The summed E-state index contributed by atoms with van der Waals surface area (Å²) in [6.45, 7) is 2.00. The van der Waals surface area contributed by atoms with Crippen molar-refractivity contribution in [3.8, 4) is 17.1 Å². The molecule has 1 N–H and O–H groups in total. The molecule has 8 nitrogen and oxygen atoms in total. The molecular weight excluding hydrogens is 348 g/mol. The van der Waals surface area contributed by atoms with Gasteiger partial charge in [-0.05, 0) is 37.8 Å². The molecule has 4 rings (SSSR count). The Morgan fingerprint density at radius 2 is 2.30 bits per heavy atom. The zero-order valence-electron chi connectivity index (χ0n) is 15.4. The summed E-state index contributed by atoms with van der Waals surface area (Å²) in [6.07, 6.45) is 3.90. The molecule has 0 unspecified atom stereocenters. The smallest absolute Gasteiger partial charge is 0.318 e. The number of likely N-dealkylation sites (tertiary alicyclic amines) is 1. The van der Waals surface area contributed by atoms with Crippen molar-refractivity contribution in [2.45, 2.75) is 37.8 Å². The largest absolute Gasteiger partial charge is 0.497 e. The first-order valence-electron chi connectivity index (χ1n) is 9.38. The summed E-state index contributed by atoms with van der Waals surface area (Å²) in [4.78, 5) is 18.9. The Bertz CT molecular complexity index is 788. The highest BCUT2D eigenvalue weighted by molar-refractivity contribution is 5.75. The first kappa shape index (κ1) is 17.8. The van der Waals surface area contributed by atoms with Crippen molar-refractivity contribution in [3.63, 3.8) is 0 Å². The molecule has 0 radical (unpaired) electrons. The Morgan fingerprint density at radius 1 is 1.37 bits per heavy atom. The predicted octanol–water partition coefficient (Wildman–Crippen LogP) is 2.77. The van der Waals surface area contributed by atoms with Gasteiger partial charge in [0.25, 0.3) is 0 Å². The molecule has 0 aliphatic carbocycles. The zero-order valence-corrected chi connectivity index (χ0v) is 15.4. The van der Waals surface area contributed by atoms with Gasteiger partial charge < -0.3 is 24.2 Å². The van der Waals surface area contributed by atoms with Crippen molar-refractivity contribution >= 4 is 6.03 Å². The van der Waals surface area contributed by atoms with Crippen LogP contribution in [0.1, 0.15) is 37.6 Å². The molecule has 0 bridgehead atoms. The van der Waals surface area contributed by atoms with E-state index < -0.39 is 0 Å². The first-order chi connectivity index (χ1) is 13.2. The Labute approximate surface area is 157 Å². The minimum Gasteiger partial charge on any atom is -0.497 e. The summed E-state index contributed by atoms with van der Waals surface area (Å²) < 4.78 is 16.3. The lowest BCUT2D eigenvalue weighted by Crippen LogP contribution is -2.42. The van der Waals surface area contributed by atoms with Gasteiger partial charge in [-0.3, -0.25) is 0 Å². The van der Waals surface area contributed by atoms with E-state index in [1.165, 1.54) is 0 Å². The Balaban J connectivity index is 1.44. The van der Waals surface area contributed by atoms with Crippen LogP contribution in [0, 0.1) is 0 Å². The number of nitrogens with zero attached hydrogens (tertiary/aromatic N) is 3. The average molecular weight is 372 g/mol. The fourth-order valence-electron chi connectivity index (χ4n) is 3.62. The van der Waals surface area contributed by atoms with Crippen molar-refractivity contribution in [2.75, 3.05) is 26.8 Å². The molecular formula is C19H24N4O4. The number of nitrogens with one attached hydrogen (secondary N) is 1. The van der Waals surface area contributed by atoms with E-state index in [9.17, 15) is 4.79 Å². The Morgan fingerprint density at radius 3 is 3.11 bits per heavy atom. The van der Waals surface area contributed by atoms with Gasteiger partial charge in [-0.1, -0.05) is 17.3 Å². The van der Waals surface area contributed by atoms with Crippen LogP contribution < -0.4 is 10.1 Å². The number of hydrogen-bond acceptors (Lipinski definition) is 6. The molecule has 0 spiro atoms. The number of ether oxygens (including phenoxy) is 2. The summed E-state index contributed by atoms with van der Waals surface area (Å²) in [7, 11) is 1.62. The highest BCUT2D eigenvalue weighted by Gasteiger charge is 2.34. The van der Waals surface area contributed by atoms with E-state index in [1.807, 2.05) is 24.3 Å². The van der Waals surface area contributed by atoms with Crippen molar-refractivity contribution in [1.29, 1.82) is 0 Å². The van der Waals surface area contributed by atoms with E-state index in [0.717, 1.165) is 43.6 Å². The van der Waals surface area contributed by atoms with Crippen LogP contribution in [0.25, 0.3) is 11.4 Å². The second kappa shape index (κ2) is 7.96. The number of methoxy groups -OCH3 is 1. The van der Waals surface area contributed by atoms with Crippen LogP contribution in [0.5, 0.6) is 5.75 Å². The molecule has 2 aliphatic rings. The van der Waals surface area contributed by atoms with E-state index >= 15 is 0 Å². The number of rotatable bonds is 5. The van der Waals surface area contributed by atoms with Gasteiger partial charge in [0.15, 0.2) is 0 Å². The van der Waals surface area contributed by atoms with Crippen LogP contribution in [-0.4, -0.2) is 54.0 Å². The fourth-order valence-corrected chi connectivity index (χ4v) is 3.62. The number of hydrogen-bond donors (Lipinski definition) is 1. The van der Waals surface area contributed by atoms with Crippen LogP contribution in [-0.2, 0) is 4.74 Å². The summed E-state index contributed by atoms with van der Waals surface area (Å²) in [5.74, 6) is 1.70. The van der Waals surface area contributed by atoms with Crippen LogP contribution in [0.15, 0.2) is 28.8 Å². The maximum Gasteiger partial charge on any atom is 0.318 e. The van der Waals surface area contributed by atoms with Gasteiger partial charge in [0, 0.05) is 25.3 Å². The van der Waals surface area contributed by atoms with Gasteiger partial charge in [-0.25, -0.2) is 4.79 Å². The second-order valence-electron chi connectivity index (χ2n) is 6.86. The van der Waals surface area contributed by atoms with Gasteiger partial charge in [-0.15, -0.1) is 0 Å². The van der Waals surface area contributed by atoms with Crippen molar-refractivity contribution in [2.24, 2.45) is 0 Å². The lowest BCUT2D eigenvalue weighted by molar-refractivity contribution is 0.108. The minimum atomic E-state index is -0.193. The molecule has 2 saturated heterocycles. The fraction of sp³-hybridized carbons (Fsp3) is 0.526. The molecule has 1 aromatic heterocycles. The molecule has 2 amide bonds. The van der Waals surface area contributed by atoms with Crippen molar-refractivity contribution in [3.05, 3.63) is 30.2 Å². The van der Waals surface area contributed by atoms with Gasteiger partial charge >= 0.3 is 6.03 Å². The van der Waals surface area contributed by atoms with E-state index in [0.29, 0.717) is 24.8 Å².